The van der Waals surface area contributed by atoms with Gasteiger partial charge in [-0.15, -0.1) is 0 Å². The van der Waals surface area contributed by atoms with Crippen molar-refractivity contribution in [1.29, 1.82) is 0 Å². The molecule has 0 N–H and O–H groups in total. The predicted octanol–water partition coefficient (Wildman–Crippen LogP) is 2.82. The summed E-state index contributed by atoms with van der Waals surface area (Å²) in [6.07, 6.45) is 0.983. The van der Waals surface area contributed by atoms with E-state index in [1.807, 2.05) is 6.92 Å². The summed E-state index contributed by atoms with van der Waals surface area (Å²) in [6.45, 7) is 9.60. The number of hydrogen-bond donors (Lipinski definition) is 0. The second-order valence-electron chi connectivity index (χ2n) is 8.19. The van der Waals surface area contributed by atoms with E-state index < -0.39 is 0 Å². The van der Waals surface area contributed by atoms with E-state index >= 15 is 0 Å². The fourth-order valence-electron chi connectivity index (χ4n) is 4.39. The summed E-state index contributed by atoms with van der Waals surface area (Å²) in [7, 11) is 2.17. The molecule has 0 aliphatic carbocycles. The number of benzene rings is 1. The van der Waals surface area contributed by atoms with Crippen LogP contribution < -0.4 is 4.90 Å². The van der Waals surface area contributed by atoms with Gasteiger partial charge in [0.05, 0.1) is 12.6 Å². The van der Waals surface area contributed by atoms with Crippen molar-refractivity contribution in [1.82, 2.24) is 24.4 Å². The van der Waals surface area contributed by atoms with Gasteiger partial charge >= 0.3 is 0 Å². The predicted molar refractivity (Wildman–Crippen MR) is 114 cm³/mol. The molecule has 7 nitrogen and oxygen atoms in total. The molecular weight excluding hydrogens is 364 g/mol. The van der Waals surface area contributed by atoms with Crippen LogP contribution in [0.3, 0.4) is 0 Å². The van der Waals surface area contributed by atoms with Crippen LogP contribution in [0.5, 0.6) is 0 Å². The topological polar surface area (TPSA) is 59.3 Å². The third-order valence-electron chi connectivity index (χ3n) is 6.09. The van der Waals surface area contributed by atoms with E-state index in [0.29, 0.717) is 6.61 Å². The summed E-state index contributed by atoms with van der Waals surface area (Å²) >= 11 is 0. The summed E-state index contributed by atoms with van der Waals surface area (Å²) in [6, 6.07) is 8.70. The van der Waals surface area contributed by atoms with Crippen LogP contribution >= 0.6 is 0 Å². The fraction of sp³-hybridized carbons (Fsp3) is 0.500. The van der Waals surface area contributed by atoms with E-state index in [2.05, 4.69) is 52.6 Å². The van der Waals surface area contributed by atoms with Crippen molar-refractivity contribution in [3.8, 4) is 11.4 Å². The van der Waals surface area contributed by atoms with Gasteiger partial charge in [-0.3, -0.25) is 0 Å². The highest BCUT2D eigenvalue weighted by Gasteiger charge is 2.29. The summed E-state index contributed by atoms with van der Waals surface area (Å²) < 4.78 is 8.04. The Balaban J connectivity index is 1.73. The fourth-order valence-corrected chi connectivity index (χ4v) is 4.39. The highest BCUT2D eigenvalue weighted by molar-refractivity contribution is 5.87. The Bertz CT molecular complexity index is 1030. The Labute approximate surface area is 171 Å². The summed E-state index contributed by atoms with van der Waals surface area (Å²) in [5.41, 5.74) is 4.21. The molecule has 29 heavy (non-hydrogen) atoms. The van der Waals surface area contributed by atoms with Crippen LogP contribution in [0.25, 0.3) is 22.6 Å². The number of likely N-dealkylation sites (N-methyl/N-ethyl adjacent to an activating group) is 1. The van der Waals surface area contributed by atoms with Crippen molar-refractivity contribution < 1.29 is 4.74 Å². The molecule has 2 aliphatic rings. The summed E-state index contributed by atoms with van der Waals surface area (Å²) in [4.78, 5) is 19.6. The van der Waals surface area contributed by atoms with Crippen LogP contribution in [0.1, 0.15) is 23.9 Å². The standard InChI is InChI=1S/C22H28N6O/c1-15-6-4-5-7-18(15)20-25-19-21(27-11-9-26(3)10-12-27)23-16(2)24-22(19)28(20)17-8-13-29-14-17/h4-7,17H,8-14H2,1-3H3. The van der Waals surface area contributed by atoms with Gasteiger partial charge in [0.1, 0.15) is 11.6 Å². The van der Waals surface area contributed by atoms with Crippen molar-refractivity contribution in [3.05, 3.63) is 35.7 Å². The monoisotopic (exact) mass is 392 g/mol. The molecule has 0 radical (unpaired) electrons. The molecular formula is C22H28N6O. The van der Waals surface area contributed by atoms with Crippen LogP contribution in [0.4, 0.5) is 5.82 Å². The molecule has 0 bridgehead atoms. The molecule has 0 amide bonds. The maximum atomic E-state index is 5.73. The van der Waals surface area contributed by atoms with Gasteiger partial charge in [-0.05, 0) is 32.9 Å². The molecule has 152 valence electrons. The SMILES string of the molecule is Cc1nc(N2CCN(C)CC2)c2nc(-c3ccccc3C)n(C3CCOC3)c2n1. The quantitative estimate of drug-likeness (QED) is 0.683. The number of anilines is 1. The largest absolute Gasteiger partial charge is 0.379 e. The van der Waals surface area contributed by atoms with Crippen LogP contribution in [0, 0.1) is 13.8 Å². The van der Waals surface area contributed by atoms with Crippen molar-refractivity contribution in [3.63, 3.8) is 0 Å². The number of piperazine rings is 1. The highest BCUT2D eigenvalue weighted by Crippen LogP contribution is 2.35. The Morgan fingerprint density at radius 3 is 2.52 bits per heavy atom. The molecule has 3 aromatic rings. The van der Waals surface area contributed by atoms with E-state index in [1.54, 1.807) is 0 Å². The molecule has 7 heteroatoms. The van der Waals surface area contributed by atoms with Crippen LogP contribution in [0.15, 0.2) is 24.3 Å². The molecule has 0 saturated carbocycles. The number of aromatic nitrogens is 4. The van der Waals surface area contributed by atoms with Crippen LogP contribution in [-0.4, -0.2) is 70.9 Å². The van der Waals surface area contributed by atoms with Gasteiger partial charge in [0.25, 0.3) is 0 Å². The molecule has 1 unspecified atom stereocenters. The van der Waals surface area contributed by atoms with Crippen LogP contribution in [-0.2, 0) is 4.74 Å². The smallest absolute Gasteiger partial charge is 0.166 e. The van der Waals surface area contributed by atoms with Crippen molar-refractivity contribution in [2.24, 2.45) is 0 Å². The number of fused-ring (bicyclic) bond motifs is 1. The molecule has 5 rings (SSSR count). The van der Waals surface area contributed by atoms with Crippen LogP contribution in [0.2, 0.25) is 0 Å². The Morgan fingerprint density at radius 1 is 1.00 bits per heavy atom. The maximum absolute atomic E-state index is 5.73. The lowest BCUT2D eigenvalue weighted by atomic mass is 10.1. The Kier molecular flexibility index (Phi) is 4.72. The van der Waals surface area contributed by atoms with Crippen molar-refractivity contribution in [2.75, 3.05) is 51.3 Å². The Morgan fingerprint density at radius 2 is 1.79 bits per heavy atom. The first-order valence-electron chi connectivity index (χ1n) is 10.5. The molecule has 1 atom stereocenters. The third-order valence-corrected chi connectivity index (χ3v) is 6.09. The molecule has 2 aliphatic heterocycles. The lowest BCUT2D eigenvalue weighted by molar-refractivity contribution is 0.187. The minimum atomic E-state index is 0.254. The zero-order valence-electron chi connectivity index (χ0n) is 17.4. The first-order chi connectivity index (χ1) is 14.1. The van der Waals surface area contributed by atoms with Gasteiger partial charge in [-0.25, -0.2) is 15.0 Å². The molecule has 2 saturated heterocycles. The minimum absolute atomic E-state index is 0.254. The third kappa shape index (κ3) is 3.28. The minimum Gasteiger partial charge on any atom is -0.379 e. The molecule has 1 aromatic carbocycles. The Hall–Kier alpha value is -2.51. The number of imidazole rings is 1. The average molecular weight is 393 g/mol. The lowest BCUT2D eigenvalue weighted by Gasteiger charge is -2.33. The van der Waals surface area contributed by atoms with E-state index in [0.717, 1.165) is 73.4 Å². The van der Waals surface area contributed by atoms with E-state index in [1.165, 1.54) is 5.56 Å². The first kappa shape index (κ1) is 18.5. The number of hydrogen-bond acceptors (Lipinski definition) is 6. The molecule has 4 heterocycles. The van der Waals surface area contributed by atoms with Gasteiger partial charge < -0.3 is 19.1 Å². The highest BCUT2D eigenvalue weighted by atomic mass is 16.5. The zero-order chi connectivity index (χ0) is 20.0. The summed E-state index contributed by atoms with van der Waals surface area (Å²) in [5.74, 6) is 2.74. The number of nitrogens with zero attached hydrogens (tertiary/aromatic N) is 6. The zero-order valence-corrected chi connectivity index (χ0v) is 17.4. The molecule has 2 fully saturated rings. The second kappa shape index (κ2) is 7.39. The first-order valence-corrected chi connectivity index (χ1v) is 10.5. The van der Waals surface area contributed by atoms with Gasteiger partial charge in [0, 0.05) is 38.3 Å². The maximum Gasteiger partial charge on any atom is 0.166 e. The van der Waals surface area contributed by atoms with Crippen molar-refractivity contribution in [2.45, 2.75) is 26.3 Å². The second-order valence-corrected chi connectivity index (χ2v) is 8.19. The normalized spacial score (nSPS) is 20.7. The van der Waals surface area contributed by atoms with Gasteiger partial charge in [-0.2, -0.15) is 0 Å². The summed E-state index contributed by atoms with van der Waals surface area (Å²) in [5, 5.41) is 0. The van der Waals surface area contributed by atoms with E-state index in [4.69, 9.17) is 19.7 Å². The number of aryl methyl sites for hydroxylation is 2. The van der Waals surface area contributed by atoms with Gasteiger partial charge in [0.15, 0.2) is 17.0 Å². The number of rotatable bonds is 3. The van der Waals surface area contributed by atoms with Gasteiger partial charge in [0.2, 0.25) is 0 Å². The lowest BCUT2D eigenvalue weighted by Crippen LogP contribution is -2.45. The van der Waals surface area contributed by atoms with E-state index in [-0.39, 0.29) is 6.04 Å². The molecule has 2 aromatic heterocycles. The van der Waals surface area contributed by atoms with Gasteiger partial charge in [-0.1, -0.05) is 24.3 Å². The van der Waals surface area contributed by atoms with E-state index in [9.17, 15) is 0 Å². The molecule has 0 spiro atoms. The number of ether oxygens (including phenoxy) is 1. The van der Waals surface area contributed by atoms with Crippen molar-refractivity contribution >= 4 is 17.0 Å². The average Bonchev–Trinajstić information content (AvgIpc) is 3.36.